The number of ether oxygens (including phenoxy) is 4. The third kappa shape index (κ3) is 13.0. The summed E-state index contributed by atoms with van der Waals surface area (Å²) in [5.74, 6) is 4.75. The molecule has 0 saturated carbocycles. The molecule has 0 aliphatic carbocycles. The van der Waals surface area contributed by atoms with Crippen molar-refractivity contribution in [2.45, 2.75) is 0 Å². The maximum Gasteiger partial charge on any atom is 0.107 e. The lowest BCUT2D eigenvalue weighted by Gasteiger charge is -2.05. The van der Waals surface area contributed by atoms with Crippen molar-refractivity contribution in [3.63, 3.8) is 0 Å². The monoisotopic (exact) mass is 226 g/mol. The van der Waals surface area contributed by atoms with Gasteiger partial charge in [0.15, 0.2) is 0 Å². The highest BCUT2D eigenvalue weighted by molar-refractivity contribution is 4.83. The molecule has 90 valence electrons. The predicted octanol–water partition coefficient (Wildman–Crippen LogP) is 0.319. The lowest BCUT2D eigenvalue weighted by Crippen LogP contribution is -2.11. The molecule has 0 aliphatic heterocycles. The summed E-state index contributed by atoms with van der Waals surface area (Å²) in [7, 11) is 0. The second-order valence-corrected chi connectivity index (χ2v) is 2.74. The third-order valence-electron chi connectivity index (χ3n) is 1.49. The second-order valence-electron chi connectivity index (χ2n) is 2.74. The molecule has 0 aliphatic rings. The summed E-state index contributed by atoms with van der Waals surface area (Å²) in [6.45, 7) is 3.80. The SMILES string of the molecule is C#CCOCCOCCOCCOCC#C. The van der Waals surface area contributed by atoms with Gasteiger partial charge in [-0.2, -0.15) is 0 Å². The standard InChI is InChI=1S/C12H18O4/c1-3-5-13-7-9-15-11-12-16-10-8-14-6-4-2/h1-2H,5-12H2. The van der Waals surface area contributed by atoms with E-state index in [1.807, 2.05) is 0 Å². The van der Waals surface area contributed by atoms with Crippen molar-refractivity contribution in [2.75, 3.05) is 52.9 Å². The van der Waals surface area contributed by atoms with Gasteiger partial charge in [0.05, 0.1) is 39.6 Å². The second kappa shape index (κ2) is 14.0. The third-order valence-corrected chi connectivity index (χ3v) is 1.49. The molecular formula is C12H18O4. The predicted molar refractivity (Wildman–Crippen MR) is 60.9 cm³/mol. The van der Waals surface area contributed by atoms with Crippen molar-refractivity contribution in [2.24, 2.45) is 0 Å². The van der Waals surface area contributed by atoms with Gasteiger partial charge in [0.25, 0.3) is 0 Å². The quantitative estimate of drug-likeness (QED) is 0.375. The van der Waals surface area contributed by atoms with Crippen LogP contribution >= 0.6 is 0 Å². The van der Waals surface area contributed by atoms with Crippen molar-refractivity contribution < 1.29 is 18.9 Å². The Morgan fingerprint density at radius 3 is 1.19 bits per heavy atom. The Balaban J connectivity index is 2.89. The molecule has 0 bridgehead atoms. The van der Waals surface area contributed by atoms with E-state index in [1.165, 1.54) is 0 Å². The van der Waals surface area contributed by atoms with E-state index in [4.69, 9.17) is 31.8 Å². The first-order chi connectivity index (χ1) is 7.91. The van der Waals surface area contributed by atoms with E-state index in [0.717, 1.165) is 0 Å². The molecule has 0 unspecified atom stereocenters. The van der Waals surface area contributed by atoms with Crippen LogP contribution in [-0.2, 0) is 18.9 Å². The van der Waals surface area contributed by atoms with E-state index in [0.29, 0.717) is 52.9 Å². The molecule has 0 fully saturated rings. The number of rotatable bonds is 11. The maximum atomic E-state index is 5.22. The van der Waals surface area contributed by atoms with Crippen molar-refractivity contribution in [1.82, 2.24) is 0 Å². The first kappa shape index (κ1) is 15.0. The Morgan fingerprint density at radius 1 is 0.562 bits per heavy atom. The van der Waals surface area contributed by atoms with Crippen LogP contribution in [0.1, 0.15) is 0 Å². The molecule has 0 rings (SSSR count). The fourth-order valence-electron chi connectivity index (χ4n) is 0.820. The zero-order valence-corrected chi connectivity index (χ0v) is 9.44. The van der Waals surface area contributed by atoms with Gasteiger partial charge < -0.3 is 18.9 Å². The van der Waals surface area contributed by atoms with Gasteiger partial charge in [-0.1, -0.05) is 11.8 Å². The number of terminal acetylenes is 2. The molecule has 4 heteroatoms. The Labute approximate surface area is 97.2 Å². The van der Waals surface area contributed by atoms with Crippen LogP contribution in [0, 0.1) is 24.7 Å². The van der Waals surface area contributed by atoms with Gasteiger partial charge in [-0.05, 0) is 0 Å². The minimum atomic E-state index is 0.326. The first-order valence-electron chi connectivity index (χ1n) is 5.09. The summed E-state index contributed by atoms with van der Waals surface area (Å²) in [6, 6.07) is 0. The molecule has 0 atom stereocenters. The highest BCUT2D eigenvalue weighted by Gasteiger charge is 1.90. The first-order valence-corrected chi connectivity index (χ1v) is 5.09. The average molecular weight is 226 g/mol. The molecule has 4 nitrogen and oxygen atoms in total. The van der Waals surface area contributed by atoms with Crippen LogP contribution in [0.5, 0.6) is 0 Å². The highest BCUT2D eigenvalue weighted by atomic mass is 16.6. The van der Waals surface area contributed by atoms with Gasteiger partial charge in [-0.3, -0.25) is 0 Å². The molecule has 0 radical (unpaired) electrons. The summed E-state index contributed by atoms with van der Waals surface area (Å²) in [5.41, 5.74) is 0. The molecule has 0 saturated heterocycles. The molecule has 0 aromatic heterocycles. The normalized spacial score (nSPS) is 9.62. The smallest absolute Gasteiger partial charge is 0.107 e. The molecule has 16 heavy (non-hydrogen) atoms. The van der Waals surface area contributed by atoms with Gasteiger partial charge in [-0.15, -0.1) is 12.8 Å². The van der Waals surface area contributed by atoms with Gasteiger partial charge in [-0.25, -0.2) is 0 Å². The van der Waals surface area contributed by atoms with Gasteiger partial charge >= 0.3 is 0 Å². The molecule has 0 spiro atoms. The zero-order chi connectivity index (χ0) is 11.9. The van der Waals surface area contributed by atoms with E-state index in [-0.39, 0.29) is 0 Å². The topological polar surface area (TPSA) is 36.9 Å². The Bertz CT molecular complexity index is 190. The van der Waals surface area contributed by atoms with Crippen molar-refractivity contribution in [1.29, 1.82) is 0 Å². The fourth-order valence-corrected chi connectivity index (χ4v) is 0.820. The average Bonchev–Trinajstić information content (AvgIpc) is 2.31. The highest BCUT2D eigenvalue weighted by Crippen LogP contribution is 1.82. The zero-order valence-electron chi connectivity index (χ0n) is 9.44. The van der Waals surface area contributed by atoms with Crippen LogP contribution in [0.3, 0.4) is 0 Å². The molecule has 0 amide bonds. The van der Waals surface area contributed by atoms with Gasteiger partial charge in [0.1, 0.15) is 13.2 Å². The van der Waals surface area contributed by atoms with E-state index >= 15 is 0 Å². The summed E-state index contributed by atoms with van der Waals surface area (Å²) >= 11 is 0. The van der Waals surface area contributed by atoms with E-state index in [1.54, 1.807) is 0 Å². The van der Waals surface area contributed by atoms with Crippen molar-refractivity contribution >= 4 is 0 Å². The fraction of sp³-hybridized carbons (Fsp3) is 0.667. The van der Waals surface area contributed by atoms with Crippen LogP contribution in [0.4, 0.5) is 0 Å². The molecule has 0 aromatic carbocycles. The minimum absolute atomic E-state index is 0.326. The minimum Gasteiger partial charge on any atom is -0.377 e. The van der Waals surface area contributed by atoms with Crippen LogP contribution in [0.25, 0.3) is 0 Å². The van der Waals surface area contributed by atoms with Crippen molar-refractivity contribution in [3.8, 4) is 24.7 Å². The van der Waals surface area contributed by atoms with E-state index in [9.17, 15) is 0 Å². The lowest BCUT2D eigenvalue weighted by molar-refractivity contribution is 0.00487. The Kier molecular flexibility index (Phi) is 13.1. The summed E-state index contributed by atoms with van der Waals surface area (Å²) in [5, 5.41) is 0. The Morgan fingerprint density at radius 2 is 0.875 bits per heavy atom. The van der Waals surface area contributed by atoms with Crippen LogP contribution < -0.4 is 0 Å². The number of hydrogen-bond donors (Lipinski definition) is 0. The summed E-state index contributed by atoms with van der Waals surface area (Å²) in [6.07, 6.45) is 10.00. The van der Waals surface area contributed by atoms with Gasteiger partial charge in [0, 0.05) is 0 Å². The molecule has 0 heterocycles. The molecular weight excluding hydrogens is 208 g/mol. The summed E-state index contributed by atoms with van der Waals surface area (Å²) in [4.78, 5) is 0. The van der Waals surface area contributed by atoms with Crippen LogP contribution in [0.15, 0.2) is 0 Å². The maximum absolute atomic E-state index is 5.22. The Hall–Kier alpha value is -1.04. The van der Waals surface area contributed by atoms with Gasteiger partial charge in [0.2, 0.25) is 0 Å². The van der Waals surface area contributed by atoms with Crippen molar-refractivity contribution in [3.05, 3.63) is 0 Å². The van der Waals surface area contributed by atoms with E-state index < -0.39 is 0 Å². The van der Waals surface area contributed by atoms with Crippen LogP contribution in [-0.4, -0.2) is 52.9 Å². The lowest BCUT2D eigenvalue weighted by atomic mass is 10.7. The summed E-state index contributed by atoms with van der Waals surface area (Å²) < 4.78 is 20.5. The molecule has 0 N–H and O–H groups in total. The number of hydrogen-bond acceptors (Lipinski definition) is 4. The largest absolute Gasteiger partial charge is 0.377 e. The van der Waals surface area contributed by atoms with E-state index in [2.05, 4.69) is 11.8 Å². The molecule has 0 aromatic rings. The van der Waals surface area contributed by atoms with Crippen LogP contribution in [0.2, 0.25) is 0 Å².